The predicted molar refractivity (Wildman–Crippen MR) is 86.1 cm³/mol. The Hall–Kier alpha value is -0.697. The van der Waals surface area contributed by atoms with Crippen LogP contribution in [0, 0.1) is 0 Å². The fourth-order valence-corrected chi connectivity index (χ4v) is 1.58. The Kier molecular flexibility index (Phi) is 10.7. The van der Waals surface area contributed by atoms with Crippen LogP contribution in [0.2, 0.25) is 0 Å². The Balaban J connectivity index is 0.000000576. The van der Waals surface area contributed by atoms with E-state index in [1.165, 1.54) is 11.1 Å². The average Bonchev–Trinajstić information content (AvgIpc) is 2.38. The zero-order chi connectivity index (χ0) is 13.2. The number of rotatable bonds is 3. The summed E-state index contributed by atoms with van der Waals surface area (Å²) in [7, 11) is 0. The molecule has 2 rings (SSSR count). The Labute approximate surface area is 138 Å². The van der Waals surface area contributed by atoms with Crippen LogP contribution in [0.1, 0.15) is 11.1 Å². The van der Waals surface area contributed by atoms with E-state index in [2.05, 4.69) is 85.5 Å². The van der Waals surface area contributed by atoms with Gasteiger partial charge in [-0.25, -0.2) is 0 Å². The monoisotopic (exact) mass is 339 g/mol. The van der Waals surface area contributed by atoms with Gasteiger partial charge in [0, 0.05) is 19.5 Å². The van der Waals surface area contributed by atoms with Crippen LogP contribution in [0.25, 0.3) is 0 Å². The van der Waals surface area contributed by atoms with Crippen molar-refractivity contribution >= 4 is 29.2 Å². The largest absolute Gasteiger partial charge is 0.385 e. The number of thiol groups is 1. The van der Waals surface area contributed by atoms with Gasteiger partial charge in [0.15, 0.2) is 0 Å². The van der Waals surface area contributed by atoms with E-state index in [9.17, 15) is 0 Å². The zero-order valence-electron chi connectivity index (χ0n) is 10.8. The van der Waals surface area contributed by atoms with Crippen LogP contribution < -0.4 is 5.73 Å². The molecule has 0 bridgehead atoms. The number of hydrogen-bond donors (Lipinski definition) is 2. The van der Waals surface area contributed by atoms with Gasteiger partial charge in [0.1, 0.15) is 4.32 Å². The summed E-state index contributed by atoms with van der Waals surface area (Å²) in [5.74, 6) is 0. The van der Waals surface area contributed by atoms with Gasteiger partial charge in [-0.3, -0.25) is 0 Å². The van der Waals surface area contributed by atoms with E-state index in [4.69, 9.17) is 5.73 Å². The van der Waals surface area contributed by atoms with E-state index in [1.807, 2.05) is 0 Å². The van der Waals surface area contributed by atoms with Crippen LogP contribution in [0.3, 0.4) is 0 Å². The Morgan fingerprint density at radius 3 is 1.37 bits per heavy atom. The fourth-order valence-electron chi connectivity index (χ4n) is 1.58. The van der Waals surface area contributed by atoms with Crippen molar-refractivity contribution in [1.29, 1.82) is 0 Å². The molecule has 0 aromatic heterocycles. The van der Waals surface area contributed by atoms with Gasteiger partial charge in [0.05, 0.1) is 0 Å². The van der Waals surface area contributed by atoms with Crippen LogP contribution in [0.15, 0.2) is 60.7 Å². The van der Waals surface area contributed by atoms with Gasteiger partial charge in [-0.1, -0.05) is 72.9 Å². The summed E-state index contributed by atoms with van der Waals surface area (Å²) in [4.78, 5) is 0. The summed E-state index contributed by atoms with van der Waals surface area (Å²) in [6.07, 6.45) is 2.26. The molecule has 96 valence electrons. The summed E-state index contributed by atoms with van der Waals surface area (Å²) in [6.45, 7) is 0. The van der Waals surface area contributed by atoms with Crippen LogP contribution in [0.5, 0.6) is 0 Å². The van der Waals surface area contributed by atoms with Crippen molar-refractivity contribution < 1.29 is 19.5 Å². The van der Waals surface area contributed by atoms with Crippen molar-refractivity contribution in [3.8, 4) is 0 Å². The summed E-state index contributed by atoms with van der Waals surface area (Å²) in [5, 5.41) is 0. The van der Waals surface area contributed by atoms with Gasteiger partial charge < -0.3 is 5.73 Å². The molecule has 2 aromatic rings. The zero-order valence-corrected chi connectivity index (χ0v) is 15.5. The molecule has 4 heteroatoms. The van der Waals surface area contributed by atoms with E-state index in [1.54, 1.807) is 0 Å². The molecule has 0 atom stereocenters. The number of aryl methyl sites for hydroxylation is 2. The van der Waals surface area contributed by atoms with Crippen LogP contribution in [-0.4, -0.2) is 4.32 Å². The molecule has 0 unspecified atom stereocenters. The third-order valence-electron chi connectivity index (χ3n) is 2.39. The van der Waals surface area contributed by atoms with Gasteiger partial charge in [-0.15, -0.1) is 12.6 Å². The van der Waals surface area contributed by atoms with E-state index >= 15 is 0 Å². The number of thiocarbonyl (C=S) groups is 1. The summed E-state index contributed by atoms with van der Waals surface area (Å²) < 4.78 is 0.194. The molecule has 0 fully saturated rings. The summed E-state index contributed by atoms with van der Waals surface area (Å²) in [6, 6.07) is 21.2. The molecule has 1 nitrogen and oxygen atoms in total. The molecule has 0 aliphatic rings. The third kappa shape index (κ3) is 9.83. The molecule has 0 heterocycles. The summed E-state index contributed by atoms with van der Waals surface area (Å²) in [5.41, 5.74) is 7.53. The molecule has 0 aliphatic carbocycles. The molecule has 0 saturated heterocycles. The van der Waals surface area contributed by atoms with E-state index in [0.29, 0.717) is 0 Å². The van der Waals surface area contributed by atoms with Crippen molar-refractivity contribution in [1.82, 2.24) is 0 Å². The molecule has 0 amide bonds. The molecule has 19 heavy (non-hydrogen) atoms. The molecular formula is C15H17NS2Zn. The first-order chi connectivity index (χ1) is 8.68. The van der Waals surface area contributed by atoms with Crippen LogP contribution >= 0.6 is 24.8 Å². The maximum atomic E-state index is 4.71. The van der Waals surface area contributed by atoms with Crippen molar-refractivity contribution in [2.75, 3.05) is 0 Å². The second-order valence-corrected chi connectivity index (χ2v) is 5.03. The average molecular weight is 341 g/mol. The van der Waals surface area contributed by atoms with Crippen LogP contribution in [0.4, 0.5) is 0 Å². The summed E-state index contributed by atoms with van der Waals surface area (Å²) >= 11 is 7.65. The number of nitrogens with two attached hydrogens (primary N) is 1. The van der Waals surface area contributed by atoms with Crippen molar-refractivity contribution in [3.05, 3.63) is 71.8 Å². The number of hydrogen-bond acceptors (Lipinski definition) is 1. The van der Waals surface area contributed by atoms with E-state index in [0.717, 1.165) is 12.8 Å². The minimum absolute atomic E-state index is 0. The van der Waals surface area contributed by atoms with Gasteiger partial charge in [0.2, 0.25) is 0 Å². The van der Waals surface area contributed by atoms with Crippen LogP contribution in [-0.2, 0) is 32.3 Å². The minimum atomic E-state index is 0. The molecule has 0 radical (unpaired) electrons. The number of benzene rings is 2. The van der Waals surface area contributed by atoms with Crippen molar-refractivity contribution in [2.45, 2.75) is 12.8 Å². The quantitative estimate of drug-likeness (QED) is 0.507. The van der Waals surface area contributed by atoms with Gasteiger partial charge >= 0.3 is 0 Å². The molecular weight excluding hydrogens is 324 g/mol. The maximum absolute atomic E-state index is 4.71. The first-order valence-corrected chi connectivity index (χ1v) is 6.60. The predicted octanol–water partition coefficient (Wildman–Crippen LogP) is 3.63. The van der Waals surface area contributed by atoms with Gasteiger partial charge in [0.25, 0.3) is 0 Å². The van der Waals surface area contributed by atoms with Crippen molar-refractivity contribution in [2.24, 2.45) is 5.73 Å². The normalized spacial score (nSPS) is 8.68. The second kappa shape index (κ2) is 11.2. The third-order valence-corrected chi connectivity index (χ3v) is 2.39. The Bertz CT molecular complexity index is 417. The maximum Gasteiger partial charge on any atom is 0.128 e. The van der Waals surface area contributed by atoms with E-state index in [-0.39, 0.29) is 23.8 Å². The minimum Gasteiger partial charge on any atom is -0.385 e. The topological polar surface area (TPSA) is 26.0 Å². The molecule has 0 spiro atoms. The molecule has 0 aliphatic heterocycles. The SMILES string of the molecule is NC(=S)S.[Zn].c1ccc(CCc2ccccc2)cc1. The van der Waals surface area contributed by atoms with Gasteiger partial charge in [-0.2, -0.15) is 0 Å². The molecule has 2 aromatic carbocycles. The standard InChI is InChI=1S/C14H14.CH3NS2.Zn/c1-3-7-13(8-4-1)11-12-14-9-5-2-6-10-14;2-1(3)4;/h1-10H,11-12H2;(H3,2,3,4);. The van der Waals surface area contributed by atoms with Crippen molar-refractivity contribution in [3.63, 3.8) is 0 Å². The Morgan fingerprint density at radius 2 is 1.11 bits per heavy atom. The van der Waals surface area contributed by atoms with Gasteiger partial charge in [-0.05, 0) is 24.0 Å². The van der Waals surface area contributed by atoms with E-state index < -0.39 is 0 Å². The fraction of sp³-hybridized carbons (Fsp3) is 0.133. The first-order valence-electron chi connectivity index (χ1n) is 5.74. The molecule has 0 saturated carbocycles. The second-order valence-electron chi connectivity index (χ2n) is 3.81. The molecule has 2 N–H and O–H groups in total. The smallest absolute Gasteiger partial charge is 0.128 e. The first kappa shape index (κ1) is 18.3. The Morgan fingerprint density at radius 1 is 0.842 bits per heavy atom.